The SMILES string of the molecule is CN1CCC[C@@H]1[C@@H]1CCCN1C(=O)C[C@@H]1CCCO1. The Hall–Kier alpha value is -0.610. The molecule has 3 aliphatic heterocycles. The highest BCUT2D eigenvalue weighted by Gasteiger charge is 2.38. The van der Waals surface area contributed by atoms with E-state index in [9.17, 15) is 4.79 Å². The first-order valence-corrected chi connectivity index (χ1v) is 7.87. The molecule has 3 heterocycles. The molecule has 0 aliphatic carbocycles. The molecule has 0 radical (unpaired) electrons. The fourth-order valence-electron chi connectivity index (χ4n) is 4.04. The van der Waals surface area contributed by atoms with Crippen molar-refractivity contribution in [3.8, 4) is 0 Å². The van der Waals surface area contributed by atoms with Crippen molar-refractivity contribution in [3.05, 3.63) is 0 Å². The van der Waals surface area contributed by atoms with Gasteiger partial charge in [-0.1, -0.05) is 0 Å². The molecule has 0 aromatic rings. The Kier molecular flexibility index (Phi) is 4.08. The second-order valence-corrected chi connectivity index (χ2v) is 6.33. The summed E-state index contributed by atoms with van der Waals surface area (Å²) in [4.78, 5) is 17.1. The third-order valence-corrected chi connectivity index (χ3v) is 5.07. The highest BCUT2D eigenvalue weighted by atomic mass is 16.5. The molecule has 0 N–H and O–H groups in total. The van der Waals surface area contributed by atoms with E-state index in [1.807, 2.05) is 0 Å². The van der Waals surface area contributed by atoms with Crippen molar-refractivity contribution in [3.63, 3.8) is 0 Å². The van der Waals surface area contributed by atoms with Crippen molar-refractivity contribution in [2.45, 2.75) is 63.1 Å². The summed E-state index contributed by atoms with van der Waals surface area (Å²) < 4.78 is 5.61. The Bertz CT molecular complexity index is 328. The Morgan fingerprint density at radius 3 is 2.58 bits per heavy atom. The zero-order valence-corrected chi connectivity index (χ0v) is 12.0. The van der Waals surface area contributed by atoms with Gasteiger partial charge in [0.25, 0.3) is 0 Å². The Labute approximate surface area is 116 Å². The van der Waals surface area contributed by atoms with Gasteiger partial charge >= 0.3 is 0 Å². The summed E-state index contributed by atoms with van der Waals surface area (Å²) in [6, 6.07) is 1.05. The first kappa shape index (κ1) is 13.4. The third-order valence-electron chi connectivity index (χ3n) is 5.07. The van der Waals surface area contributed by atoms with Gasteiger partial charge in [-0.05, 0) is 52.1 Å². The van der Waals surface area contributed by atoms with Gasteiger partial charge < -0.3 is 14.5 Å². The summed E-state index contributed by atoms with van der Waals surface area (Å²) in [6.07, 6.45) is 7.87. The van der Waals surface area contributed by atoms with Crippen LogP contribution in [0, 0.1) is 0 Å². The van der Waals surface area contributed by atoms with E-state index in [1.165, 1.54) is 32.2 Å². The fourth-order valence-corrected chi connectivity index (χ4v) is 4.04. The van der Waals surface area contributed by atoms with Gasteiger partial charge in [0, 0.05) is 25.2 Å². The number of amides is 1. The quantitative estimate of drug-likeness (QED) is 0.778. The monoisotopic (exact) mass is 266 g/mol. The van der Waals surface area contributed by atoms with E-state index in [4.69, 9.17) is 4.74 Å². The highest BCUT2D eigenvalue weighted by molar-refractivity contribution is 5.77. The molecule has 3 aliphatic rings. The summed E-state index contributed by atoms with van der Waals surface area (Å²) in [5, 5.41) is 0. The summed E-state index contributed by atoms with van der Waals surface area (Å²) in [7, 11) is 2.21. The van der Waals surface area contributed by atoms with Crippen molar-refractivity contribution >= 4 is 5.91 Å². The maximum atomic E-state index is 12.5. The second kappa shape index (κ2) is 5.80. The molecule has 3 rings (SSSR count). The van der Waals surface area contributed by atoms with Gasteiger partial charge in [-0.25, -0.2) is 0 Å². The third kappa shape index (κ3) is 2.79. The van der Waals surface area contributed by atoms with Crippen LogP contribution in [0.2, 0.25) is 0 Å². The first-order chi connectivity index (χ1) is 9.25. The smallest absolute Gasteiger partial charge is 0.225 e. The van der Waals surface area contributed by atoms with Gasteiger partial charge in [-0.2, -0.15) is 0 Å². The zero-order valence-electron chi connectivity index (χ0n) is 12.0. The Morgan fingerprint density at radius 2 is 1.89 bits per heavy atom. The molecule has 3 fully saturated rings. The molecular weight excluding hydrogens is 240 g/mol. The summed E-state index contributed by atoms with van der Waals surface area (Å²) in [5.41, 5.74) is 0. The largest absolute Gasteiger partial charge is 0.378 e. The van der Waals surface area contributed by atoms with Crippen molar-refractivity contribution in [2.24, 2.45) is 0 Å². The fraction of sp³-hybridized carbons (Fsp3) is 0.933. The van der Waals surface area contributed by atoms with Crippen molar-refractivity contribution < 1.29 is 9.53 Å². The number of likely N-dealkylation sites (N-methyl/N-ethyl adjacent to an activating group) is 1. The van der Waals surface area contributed by atoms with Crippen molar-refractivity contribution in [1.29, 1.82) is 0 Å². The van der Waals surface area contributed by atoms with Crippen LogP contribution in [0.15, 0.2) is 0 Å². The van der Waals surface area contributed by atoms with E-state index >= 15 is 0 Å². The summed E-state index contributed by atoms with van der Waals surface area (Å²) >= 11 is 0. The zero-order chi connectivity index (χ0) is 13.2. The van der Waals surface area contributed by atoms with E-state index in [-0.39, 0.29) is 6.10 Å². The minimum atomic E-state index is 0.190. The number of hydrogen-bond donors (Lipinski definition) is 0. The number of carbonyl (C=O) groups is 1. The minimum Gasteiger partial charge on any atom is -0.378 e. The normalized spacial score (nSPS) is 36.3. The first-order valence-electron chi connectivity index (χ1n) is 7.87. The summed E-state index contributed by atoms with van der Waals surface area (Å²) in [6.45, 7) is 2.99. The van der Waals surface area contributed by atoms with Gasteiger partial charge in [0.15, 0.2) is 0 Å². The van der Waals surface area contributed by atoms with Gasteiger partial charge in [0.2, 0.25) is 5.91 Å². The van der Waals surface area contributed by atoms with Crippen LogP contribution in [0.4, 0.5) is 0 Å². The van der Waals surface area contributed by atoms with Gasteiger partial charge in [0.1, 0.15) is 0 Å². The average molecular weight is 266 g/mol. The number of likely N-dealkylation sites (tertiary alicyclic amines) is 2. The van der Waals surface area contributed by atoms with Crippen LogP contribution in [0.1, 0.15) is 44.9 Å². The molecule has 4 heteroatoms. The lowest BCUT2D eigenvalue weighted by Crippen LogP contribution is -2.47. The maximum absolute atomic E-state index is 12.5. The number of carbonyl (C=O) groups excluding carboxylic acids is 1. The van der Waals surface area contributed by atoms with Crippen LogP contribution in [-0.4, -0.2) is 60.6 Å². The molecule has 19 heavy (non-hydrogen) atoms. The molecule has 0 unspecified atom stereocenters. The van der Waals surface area contributed by atoms with Crippen LogP contribution in [0.5, 0.6) is 0 Å². The van der Waals surface area contributed by atoms with Crippen molar-refractivity contribution in [2.75, 3.05) is 26.7 Å². The number of rotatable bonds is 3. The minimum absolute atomic E-state index is 0.190. The van der Waals surface area contributed by atoms with E-state index < -0.39 is 0 Å². The maximum Gasteiger partial charge on any atom is 0.225 e. The van der Waals surface area contributed by atoms with Gasteiger partial charge in [-0.3, -0.25) is 4.79 Å². The van der Waals surface area contributed by atoms with E-state index in [0.29, 0.717) is 24.4 Å². The second-order valence-electron chi connectivity index (χ2n) is 6.33. The Balaban J connectivity index is 1.60. The van der Waals surface area contributed by atoms with Crippen molar-refractivity contribution in [1.82, 2.24) is 9.80 Å². The van der Waals surface area contributed by atoms with Gasteiger partial charge in [-0.15, -0.1) is 0 Å². The lowest BCUT2D eigenvalue weighted by Gasteiger charge is -2.33. The molecule has 3 atom stereocenters. The predicted molar refractivity (Wildman–Crippen MR) is 74.0 cm³/mol. The number of hydrogen-bond acceptors (Lipinski definition) is 3. The Morgan fingerprint density at radius 1 is 1.11 bits per heavy atom. The summed E-state index contributed by atoms with van der Waals surface area (Å²) in [5.74, 6) is 0.328. The lowest BCUT2D eigenvalue weighted by atomic mass is 10.0. The lowest BCUT2D eigenvalue weighted by molar-refractivity contribution is -0.135. The molecule has 1 amide bonds. The standard InChI is InChI=1S/C15H26N2O2/c1-16-8-2-6-13(16)14-7-3-9-17(14)15(18)11-12-5-4-10-19-12/h12-14H,2-11H2,1H3/t12-,13+,14-/m0/s1. The number of nitrogens with zero attached hydrogens (tertiary/aromatic N) is 2. The molecule has 0 aromatic carbocycles. The molecule has 0 bridgehead atoms. The average Bonchev–Trinajstić information content (AvgIpc) is 3.07. The van der Waals surface area contributed by atoms with E-state index in [0.717, 1.165) is 26.0 Å². The van der Waals surface area contributed by atoms with Crippen LogP contribution >= 0.6 is 0 Å². The molecule has 4 nitrogen and oxygen atoms in total. The molecule has 108 valence electrons. The molecular formula is C15H26N2O2. The van der Waals surface area contributed by atoms with Crippen LogP contribution in [0.25, 0.3) is 0 Å². The topological polar surface area (TPSA) is 32.8 Å². The van der Waals surface area contributed by atoms with Crippen LogP contribution < -0.4 is 0 Å². The van der Waals surface area contributed by atoms with Crippen LogP contribution in [-0.2, 0) is 9.53 Å². The molecule has 3 saturated heterocycles. The molecule has 0 saturated carbocycles. The highest BCUT2D eigenvalue weighted by Crippen LogP contribution is 2.30. The van der Waals surface area contributed by atoms with Gasteiger partial charge in [0.05, 0.1) is 12.5 Å². The van der Waals surface area contributed by atoms with E-state index in [1.54, 1.807) is 0 Å². The van der Waals surface area contributed by atoms with E-state index in [2.05, 4.69) is 16.8 Å². The molecule has 0 aromatic heterocycles. The number of ether oxygens (including phenoxy) is 1. The van der Waals surface area contributed by atoms with Crippen LogP contribution in [0.3, 0.4) is 0 Å². The molecule has 0 spiro atoms. The predicted octanol–water partition coefficient (Wildman–Crippen LogP) is 1.64.